The molecule has 2 aliphatic heterocycles. The number of aromatic amines is 1. The number of aromatic nitrogens is 2. The van der Waals surface area contributed by atoms with Crippen LogP contribution in [0.3, 0.4) is 0 Å². The maximum atomic E-state index is 12.9. The number of likely N-dealkylation sites (tertiary alicyclic amines) is 2. The van der Waals surface area contributed by atoms with Gasteiger partial charge in [-0.2, -0.15) is 5.10 Å². The second-order valence-corrected chi connectivity index (χ2v) is 7.36. The van der Waals surface area contributed by atoms with Crippen molar-refractivity contribution in [3.63, 3.8) is 0 Å². The molecule has 4 heterocycles. The largest absolute Gasteiger partial charge is 0.336 e. The van der Waals surface area contributed by atoms with Crippen molar-refractivity contribution in [3.05, 3.63) is 40.3 Å². The van der Waals surface area contributed by atoms with Gasteiger partial charge in [0, 0.05) is 24.2 Å². The average molecular weight is 358 g/mol. The highest BCUT2D eigenvalue weighted by Gasteiger charge is 2.55. The number of thiophene rings is 1. The maximum absolute atomic E-state index is 12.9. The van der Waals surface area contributed by atoms with Crippen molar-refractivity contribution < 1.29 is 14.4 Å². The Balaban J connectivity index is 1.54. The predicted octanol–water partition coefficient (Wildman–Crippen LogP) is 1.68. The van der Waals surface area contributed by atoms with Crippen LogP contribution in [0.15, 0.2) is 29.8 Å². The molecule has 3 amide bonds. The number of amides is 3. The van der Waals surface area contributed by atoms with E-state index < -0.39 is 11.8 Å². The molecule has 2 saturated heterocycles. The standard InChI is InChI=1S/C17H18N4O3S/c1-2-13(14-4-3-7-25-14)21-15(22)10-8-20(9-11(10)16(21)23)17(24)12-5-6-18-19-12/h3-7,10-11,13H,2,8-9H2,1H3,(H,18,19)/t10-,11+,13?. The SMILES string of the molecule is CCC(c1cccs1)N1C(=O)[C@H]2CN(C(=O)c3ccn[nH]3)C[C@H]2C1=O. The van der Waals surface area contributed by atoms with Crippen LogP contribution in [0.1, 0.15) is 34.8 Å². The van der Waals surface area contributed by atoms with Gasteiger partial charge in [0.2, 0.25) is 11.8 Å². The van der Waals surface area contributed by atoms with E-state index in [2.05, 4.69) is 10.2 Å². The molecule has 25 heavy (non-hydrogen) atoms. The molecule has 1 N–H and O–H groups in total. The highest BCUT2D eigenvalue weighted by atomic mass is 32.1. The first-order valence-corrected chi connectivity index (χ1v) is 9.18. The smallest absolute Gasteiger partial charge is 0.271 e. The third-order valence-electron chi connectivity index (χ3n) is 5.02. The molecule has 0 spiro atoms. The lowest BCUT2D eigenvalue weighted by Gasteiger charge is -2.26. The van der Waals surface area contributed by atoms with Gasteiger partial charge in [0.05, 0.1) is 17.9 Å². The summed E-state index contributed by atoms with van der Waals surface area (Å²) in [6.45, 7) is 2.54. The molecule has 4 rings (SSSR count). The van der Waals surface area contributed by atoms with Gasteiger partial charge in [-0.15, -0.1) is 11.3 Å². The van der Waals surface area contributed by atoms with Crippen LogP contribution < -0.4 is 0 Å². The van der Waals surface area contributed by atoms with Crippen molar-refractivity contribution >= 4 is 29.1 Å². The van der Waals surface area contributed by atoms with Crippen LogP contribution >= 0.6 is 11.3 Å². The van der Waals surface area contributed by atoms with E-state index in [0.717, 1.165) is 4.88 Å². The monoisotopic (exact) mass is 358 g/mol. The molecule has 0 radical (unpaired) electrons. The molecule has 3 atom stereocenters. The summed E-state index contributed by atoms with van der Waals surface area (Å²) in [6, 6.07) is 5.28. The van der Waals surface area contributed by atoms with Crippen LogP contribution in [0.5, 0.6) is 0 Å². The lowest BCUT2D eigenvalue weighted by Crippen LogP contribution is -2.39. The number of fused-ring (bicyclic) bond motifs is 1. The van der Waals surface area contributed by atoms with Gasteiger partial charge >= 0.3 is 0 Å². The Hall–Kier alpha value is -2.48. The summed E-state index contributed by atoms with van der Waals surface area (Å²) >= 11 is 1.56. The van der Waals surface area contributed by atoms with E-state index in [0.29, 0.717) is 12.1 Å². The van der Waals surface area contributed by atoms with Gasteiger partial charge in [-0.05, 0) is 23.9 Å². The molecule has 1 unspecified atom stereocenters. The molecule has 7 nitrogen and oxygen atoms in total. The molecular formula is C17H18N4O3S. The number of rotatable bonds is 4. The van der Waals surface area contributed by atoms with Gasteiger partial charge in [0.25, 0.3) is 5.91 Å². The van der Waals surface area contributed by atoms with Crippen LogP contribution in [0.2, 0.25) is 0 Å². The Morgan fingerprint density at radius 2 is 2.04 bits per heavy atom. The van der Waals surface area contributed by atoms with Gasteiger partial charge in [-0.1, -0.05) is 13.0 Å². The van der Waals surface area contributed by atoms with E-state index in [1.54, 1.807) is 22.3 Å². The highest BCUT2D eigenvalue weighted by Crippen LogP contribution is 2.40. The Bertz CT molecular complexity index is 778. The molecule has 2 aromatic rings. The average Bonchev–Trinajstić information content (AvgIpc) is 3.39. The van der Waals surface area contributed by atoms with Crippen LogP contribution in [-0.4, -0.2) is 50.8 Å². The Morgan fingerprint density at radius 3 is 2.56 bits per heavy atom. The van der Waals surface area contributed by atoms with Crippen molar-refractivity contribution in [3.8, 4) is 0 Å². The van der Waals surface area contributed by atoms with Crippen molar-refractivity contribution in [1.29, 1.82) is 0 Å². The number of imide groups is 1. The molecule has 2 aromatic heterocycles. The first-order chi connectivity index (χ1) is 12.1. The zero-order chi connectivity index (χ0) is 17.6. The van der Waals surface area contributed by atoms with E-state index in [9.17, 15) is 14.4 Å². The number of carbonyl (C=O) groups is 3. The minimum absolute atomic E-state index is 0.157. The summed E-state index contributed by atoms with van der Waals surface area (Å²) < 4.78 is 0. The normalized spacial score (nSPS) is 24.0. The molecule has 0 bridgehead atoms. The number of carbonyl (C=O) groups excluding carboxylic acids is 3. The molecule has 2 fully saturated rings. The third kappa shape index (κ3) is 2.48. The van der Waals surface area contributed by atoms with Gasteiger partial charge in [0.15, 0.2) is 0 Å². The van der Waals surface area contributed by atoms with Crippen LogP contribution in [0, 0.1) is 11.8 Å². The first-order valence-electron chi connectivity index (χ1n) is 8.30. The third-order valence-corrected chi connectivity index (χ3v) is 5.99. The fourth-order valence-electron chi connectivity index (χ4n) is 3.78. The molecule has 0 aliphatic carbocycles. The zero-order valence-electron chi connectivity index (χ0n) is 13.7. The first kappa shape index (κ1) is 16.0. The summed E-state index contributed by atoms with van der Waals surface area (Å²) in [5, 5.41) is 8.37. The van der Waals surface area contributed by atoms with E-state index in [4.69, 9.17) is 0 Å². The summed E-state index contributed by atoms with van der Waals surface area (Å²) in [5.41, 5.74) is 0.377. The molecule has 130 valence electrons. The van der Waals surface area contributed by atoms with Gasteiger partial charge < -0.3 is 4.90 Å². The van der Waals surface area contributed by atoms with Crippen molar-refractivity contribution in [1.82, 2.24) is 20.0 Å². The lowest BCUT2D eigenvalue weighted by molar-refractivity contribution is -0.143. The summed E-state index contributed by atoms with van der Waals surface area (Å²) in [5.74, 6) is -1.41. The number of nitrogens with zero attached hydrogens (tertiary/aromatic N) is 3. The van der Waals surface area contributed by atoms with Gasteiger partial charge in [0.1, 0.15) is 5.69 Å². The number of nitrogens with one attached hydrogen (secondary N) is 1. The molecule has 0 saturated carbocycles. The van der Waals surface area contributed by atoms with Crippen LogP contribution in [0.4, 0.5) is 0 Å². The van der Waals surface area contributed by atoms with E-state index in [1.165, 1.54) is 11.1 Å². The second kappa shape index (κ2) is 6.11. The Morgan fingerprint density at radius 1 is 1.32 bits per heavy atom. The fourth-order valence-corrected chi connectivity index (χ4v) is 4.68. The molecular weight excluding hydrogens is 340 g/mol. The molecule has 2 aliphatic rings. The van der Waals surface area contributed by atoms with E-state index >= 15 is 0 Å². The fraction of sp³-hybridized carbons (Fsp3) is 0.412. The Labute approximate surface area is 148 Å². The Kier molecular flexibility index (Phi) is 3.91. The van der Waals surface area contributed by atoms with Crippen molar-refractivity contribution in [2.45, 2.75) is 19.4 Å². The van der Waals surface area contributed by atoms with E-state index in [-0.39, 0.29) is 36.9 Å². The zero-order valence-corrected chi connectivity index (χ0v) is 14.5. The van der Waals surface area contributed by atoms with Gasteiger partial charge in [-0.25, -0.2) is 0 Å². The van der Waals surface area contributed by atoms with Crippen LogP contribution in [-0.2, 0) is 9.59 Å². The van der Waals surface area contributed by atoms with E-state index in [1.807, 2.05) is 24.4 Å². The minimum Gasteiger partial charge on any atom is -0.336 e. The number of H-pyrrole nitrogens is 1. The van der Waals surface area contributed by atoms with Crippen LogP contribution in [0.25, 0.3) is 0 Å². The highest BCUT2D eigenvalue weighted by molar-refractivity contribution is 7.10. The maximum Gasteiger partial charge on any atom is 0.271 e. The minimum atomic E-state index is -0.437. The quantitative estimate of drug-likeness (QED) is 0.843. The van der Waals surface area contributed by atoms with Crippen molar-refractivity contribution in [2.24, 2.45) is 11.8 Å². The number of hydrogen-bond donors (Lipinski definition) is 1. The van der Waals surface area contributed by atoms with Gasteiger partial charge in [-0.3, -0.25) is 24.4 Å². The second-order valence-electron chi connectivity index (χ2n) is 6.38. The molecule has 0 aromatic carbocycles. The van der Waals surface area contributed by atoms with Crippen molar-refractivity contribution in [2.75, 3.05) is 13.1 Å². The summed E-state index contributed by atoms with van der Waals surface area (Å²) in [7, 11) is 0. The summed E-state index contributed by atoms with van der Waals surface area (Å²) in [6.07, 6.45) is 2.20. The summed E-state index contributed by atoms with van der Waals surface area (Å²) in [4.78, 5) is 42.3. The lowest BCUT2D eigenvalue weighted by atomic mass is 10.00. The topological polar surface area (TPSA) is 86.4 Å². The molecule has 8 heteroatoms. The predicted molar refractivity (Wildman–Crippen MR) is 90.7 cm³/mol. The number of hydrogen-bond acceptors (Lipinski definition) is 5.